The summed E-state index contributed by atoms with van der Waals surface area (Å²) in [5.74, 6) is -0.378. The van der Waals surface area contributed by atoms with Crippen LogP contribution in [0.3, 0.4) is 0 Å². The number of rotatable bonds is 5. The Bertz CT molecular complexity index is 516. The van der Waals surface area contributed by atoms with Gasteiger partial charge in [-0.1, -0.05) is 11.6 Å². The summed E-state index contributed by atoms with van der Waals surface area (Å²) in [6.45, 7) is 1.55. The van der Waals surface area contributed by atoms with Crippen LogP contribution in [-0.2, 0) is 0 Å². The number of halogens is 1. The highest BCUT2D eigenvalue weighted by Gasteiger charge is 2.17. The maximum atomic E-state index is 12.0. The minimum Gasteiger partial charge on any atom is -0.352 e. The molecule has 0 saturated carbocycles. The molecule has 0 bridgehead atoms. The number of nitrogens with one attached hydrogen (secondary N) is 2. The quantitative estimate of drug-likeness (QED) is 0.644. The summed E-state index contributed by atoms with van der Waals surface area (Å²) in [6, 6.07) is 4.29. The molecule has 0 radical (unpaired) electrons. The number of carbonyl (C=O) groups excluding carboxylic acids is 1. The Morgan fingerprint density at radius 3 is 3.00 bits per heavy atom. The summed E-state index contributed by atoms with van der Waals surface area (Å²) >= 11 is 5.91. The standard InChI is InChI=1S/C13H16ClN3O3/c14-12-4-3-10(17(19)20)8-11(12)13(18)16-7-5-9-2-1-6-15-9/h3-4,8-9,15H,1-2,5-7H2,(H,16,18)/t9-/m0/s1. The Morgan fingerprint density at radius 1 is 1.55 bits per heavy atom. The second-order valence-electron chi connectivity index (χ2n) is 4.76. The van der Waals surface area contributed by atoms with Crippen molar-refractivity contribution < 1.29 is 9.72 Å². The van der Waals surface area contributed by atoms with Gasteiger partial charge in [-0.2, -0.15) is 0 Å². The first-order valence-corrected chi connectivity index (χ1v) is 6.91. The van der Waals surface area contributed by atoms with Gasteiger partial charge in [0.1, 0.15) is 0 Å². The van der Waals surface area contributed by atoms with Crippen LogP contribution in [0.4, 0.5) is 5.69 Å². The Labute approximate surface area is 121 Å². The highest BCUT2D eigenvalue weighted by Crippen LogP contribution is 2.21. The van der Waals surface area contributed by atoms with Crippen molar-refractivity contribution in [3.63, 3.8) is 0 Å². The van der Waals surface area contributed by atoms with Gasteiger partial charge in [0.05, 0.1) is 15.5 Å². The highest BCUT2D eigenvalue weighted by atomic mass is 35.5. The van der Waals surface area contributed by atoms with Crippen molar-refractivity contribution >= 4 is 23.2 Å². The van der Waals surface area contributed by atoms with Gasteiger partial charge in [-0.25, -0.2) is 0 Å². The Balaban J connectivity index is 1.94. The minimum atomic E-state index is -0.546. The molecule has 2 N–H and O–H groups in total. The molecular formula is C13H16ClN3O3. The first-order valence-electron chi connectivity index (χ1n) is 6.53. The SMILES string of the molecule is O=C(NCC[C@@H]1CCCN1)c1cc([N+](=O)[O-])ccc1Cl. The molecule has 1 saturated heterocycles. The average molecular weight is 298 g/mol. The summed E-state index contributed by atoms with van der Waals surface area (Å²) in [5, 5.41) is 17.0. The molecule has 1 atom stereocenters. The van der Waals surface area contributed by atoms with Crippen molar-refractivity contribution in [2.24, 2.45) is 0 Å². The third-order valence-electron chi connectivity index (χ3n) is 3.35. The number of hydrogen-bond donors (Lipinski definition) is 2. The van der Waals surface area contributed by atoms with Crippen LogP contribution in [0.1, 0.15) is 29.6 Å². The van der Waals surface area contributed by atoms with Crippen LogP contribution in [0, 0.1) is 10.1 Å². The average Bonchev–Trinajstić information content (AvgIpc) is 2.92. The summed E-state index contributed by atoms with van der Waals surface area (Å²) in [5.41, 5.74) is -0.00254. The molecule has 7 heteroatoms. The maximum Gasteiger partial charge on any atom is 0.270 e. The molecule has 0 aliphatic carbocycles. The molecule has 1 fully saturated rings. The van der Waals surface area contributed by atoms with E-state index in [1.807, 2.05) is 0 Å². The number of non-ortho nitro benzene ring substituents is 1. The third-order valence-corrected chi connectivity index (χ3v) is 3.68. The number of carbonyl (C=O) groups is 1. The fraction of sp³-hybridized carbons (Fsp3) is 0.462. The van der Waals surface area contributed by atoms with E-state index in [1.165, 1.54) is 18.2 Å². The normalized spacial score (nSPS) is 17.9. The first-order chi connectivity index (χ1) is 9.58. The predicted octanol–water partition coefficient (Wildman–Crippen LogP) is 2.12. The van der Waals surface area contributed by atoms with Gasteiger partial charge < -0.3 is 10.6 Å². The fourth-order valence-corrected chi connectivity index (χ4v) is 2.46. The van der Waals surface area contributed by atoms with Crippen molar-refractivity contribution in [2.75, 3.05) is 13.1 Å². The van der Waals surface area contributed by atoms with E-state index in [4.69, 9.17) is 11.6 Å². The summed E-state index contributed by atoms with van der Waals surface area (Å²) in [4.78, 5) is 22.1. The molecule has 1 aliphatic heterocycles. The molecule has 1 aromatic carbocycles. The van der Waals surface area contributed by atoms with E-state index >= 15 is 0 Å². The summed E-state index contributed by atoms with van der Waals surface area (Å²) in [7, 11) is 0. The molecule has 0 aromatic heterocycles. The Morgan fingerprint density at radius 2 is 2.35 bits per heavy atom. The second-order valence-corrected chi connectivity index (χ2v) is 5.17. The fourth-order valence-electron chi connectivity index (χ4n) is 2.26. The number of nitrogens with zero attached hydrogens (tertiary/aromatic N) is 1. The van der Waals surface area contributed by atoms with Gasteiger partial charge in [-0.05, 0) is 31.9 Å². The molecule has 6 nitrogen and oxygen atoms in total. The molecule has 1 aromatic rings. The van der Waals surface area contributed by atoms with Gasteiger partial charge in [-0.15, -0.1) is 0 Å². The number of amides is 1. The third kappa shape index (κ3) is 3.68. The van der Waals surface area contributed by atoms with Gasteiger partial charge in [0.2, 0.25) is 0 Å². The van der Waals surface area contributed by atoms with Gasteiger partial charge in [0.15, 0.2) is 0 Å². The highest BCUT2D eigenvalue weighted by molar-refractivity contribution is 6.33. The molecule has 1 amide bonds. The topological polar surface area (TPSA) is 84.3 Å². The molecule has 0 spiro atoms. The lowest BCUT2D eigenvalue weighted by Gasteiger charge is -2.11. The maximum absolute atomic E-state index is 12.0. The van der Waals surface area contributed by atoms with Crippen LogP contribution in [0.25, 0.3) is 0 Å². The van der Waals surface area contributed by atoms with E-state index in [0.29, 0.717) is 12.6 Å². The first kappa shape index (κ1) is 14.7. The van der Waals surface area contributed by atoms with E-state index in [0.717, 1.165) is 25.8 Å². The molecule has 1 heterocycles. The predicted molar refractivity (Wildman–Crippen MR) is 76.1 cm³/mol. The lowest BCUT2D eigenvalue weighted by Crippen LogP contribution is -2.30. The Kier molecular flexibility index (Phi) is 4.92. The zero-order chi connectivity index (χ0) is 14.5. The van der Waals surface area contributed by atoms with Gasteiger partial charge in [0, 0.05) is 24.7 Å². The van der Waals surface area contributed by atoms with Crippen LogP contribution >= 0.6 is 11.6 Å². The van der Waals surface area contributed by atoms with Crippen LogP contribution in [0.5, 0.6) is 0 Å². The smallest absolute Gasteiger partial charge is 0.270 e. The van der Waals surface area contributed by atoms with Crippen LogP contribution in [0.2, 0.25) is 5.02 Å². The monoisotopic (exact) mass is 297 g/mol. The van der Waals surface area contributed by atoms with Gasteiger partial charge in [0.25, 0.3) is 11.6 Å². The van der Waals surface area contributed by atoms with E-state index in [9.17, 15) is 14.9 Å². The molecule has 2 rings (SSSR count). The zero-order valence-corrected chi connectivity index (χ0v) is 11.7. The summed E-state index contributed by atoms with van der Waals surface area (Å²) < 4.78 is 0. The molecule has 108 valence electrons. The zero-order valence-electron chi connectivity index (χ0n) is 10.9. The number of hydrogen-bond acceptors (Lipinski definition) is 4. The van der Waals surface area contributed by atoms with Gasteiger partial charge >= 0.3 is 0 Å². The lowest BCUT2D eigenvalue weighted by molar-refractivity contribution is -0.384. The molecule has 1 aliphatic rings. The van der Waals surface area contributed by atoms with Gasteiger partial charge in [-0.3, -0.25) is 14.9 Å². The minimum absolute atomic E-state index is 0.139. The number of benzene rings is 1. The van der Waals surface area contributed by atoms with E-state index in [2.05, 4.69) is 10.6 Å². The summed E-state index contributed by atoms with van der Waals surface area (Å²) in [6.07, 6.45) is 3.13. The van der Waals surface area contributed by atoms with Crippen LogP contribution in [-0.4, -0.2) is 30.0 Å². The number of nitro groups is 1. The van der Waals surface area contributed by atoms with Crippen LogP contribution < -0.4 is 10.6 Å². The lowest BCUT2D eigenvalue weighted by atomic mass is 10.1. The van der Waals surface area contributed by atoms with Crippen molar-refractivity contribution in [3.8, 4) is 0 Å². The Hall–Kier alpha value is -1.66. The van der Waals surface area contributed by atoms with E-state index in [-0.39, 0.29) is 22.2 Å². The van der Waals surface area contributed by atoms with Crippen LogP contribution in [0.15, 0.2) is 18.2 Å². The van der Waals surface area contributed by atoms with Crippen molar-refractivity contribution in [1.82, 2.24) is 10.6 Å². The van der Waals surface area contributed by atoms with Crippen molar-refractivity contribution in [3.05, 3.63) is 38.9 Å². The van der Waals surface area contributed by atoms with Crippen molar-refractivity contribution in [1.29, 1.82) is 0 Å². The number of nitro benzene ring substituents is 1. The van der Waals surface area contributed by atoms with E-state index in [1.54, 1.807) is 0 Å². The molecule has 20 heavy (non-hydrogen) atoms. The second kappa shape index (κ2) is 6.67. The molecule has 0 unspecified atom stereocenters. The van der Waals surface area contributed by atoms with E-state index < -0.39 is 4.92 Å². The van der Waals surface area contributed by atoms with Crippen molar-refractivity contribution in [2.45, 2.75) is 25.3 Å². The largest absolute Gasteiger partial charge is 0.352 e. The molecular weight excluding hydrogens is 282 g/mol.